The average molecular weight is 449 g/mol. The molecule has 0 heterocycles. The summed E-state index contributed by atoms with van der Waals surface area (Å²) in [5.41, 5.74) is 5.44. The van der Waals surface area contributed by atoms with Crippen LogP contribution < -0.4 is 5.48 Å². The summed E-state index contributed by atoms with van der Waals surface area (Å²) >= 11 is 0. The molecule has 0 aliphatic carbocycles. The summed E-state index contributed by atoms with van der Waals surface area (Å²) in [6.45, 7) is -0.286. The van der Waals surface area contributed by atoms with Gasteiger partial charge in [0.05, 0.1) is 19.4 Å². The van der Waals surface area contributed by atoms with Crippen molar-refractivity contribution in [2.75, 3.05) is 6.61 Å². The van der Waals surface area contributed by atoms with E-state index in [2.05, 4.69) is 39.1 Å². The molecule has 0 aliphatic rings. The summed E-state index contributed by atoms with van der Waals surface area (Å²) in [5, 5.41) is 0. The van der Waals surface area contributed by atoms with Gasteiger partial charge in [0, 0.05) is 0 Å². The van der Waals surface area contributed by atoms with Gasteiger partial charge in [-0.05, 0) is 48.8 Å². The topological polar surface area (TPSA) is 122 Å². The van der Waals surface area contributed by atoms with Gasteiger partial charge in [-0.2, -0.15) is 5.48 Å². The zero-order valence-corrected chi connectivity index (χ0v) is 18.1. The first kappa shape index (κ1) is 24.8. The van der Waals surface area contributed by atoms with Crippen LogP contribution in [-0.4, -0.2) is 28.3 Å². The van der Waals surface area contributed by atoms with Gasteiger partial charge in [0.15, 0.2) is 0 Å². The fourth-order valence-corrected chi connectivity index (χ4v) is 3.28. The van der Waals surface area contributed by atoms with Crippen LogP contribution >= 0.6 is 7.82 Å². The third-order valence-corrected chi connectivity index (χ3v) is 4.99. The molecule has 2 aromatic carbocycles. The fourth-order valence-electron chi connectivity index (χ4n) is 2.91. The van der Waals surface area contributed by atoms with Crippen LogP contribution in [0.5, 0.6) is 0 Å². The van der Waals surface area contributed by atoms with E-state index >= 15 is 0 Å². The molecule has 0 atom stereocenters. The van der Waals surface area contributed by atoms with Gasteiger partial charge in [-0.1, -0.05) is 54.6 Å². The number of nitrogens with one attached hydrogen (secondary N) is 1. The molecule has 0 bridgehead atoms. The second kappa shape index (κ2) is 13.0. The number of unbranched alkanes of at least 4 members (excludes halogenated alkanes) is 1. The first-order valence-electron chi connectivity index (χ1n) is 10.1. The van der Waals surface area contributed by atoms with Crippen LogP contribution in [-0.2, 0) is 42.8 Å². The van der Waals surface area contributed by atoms with Gasteiger partial charge >= 0.3 is 13.8 Å². The number of aryl methyl sites for hydroxylation is 2. The van der Waals surface area contributed by atoms with E-state index in [4.69, 9.17) is 9.79 Å². The molecule has 9 heteroatoms. The van der Waals surface area contributed by atoms with Crippen molar-refractivity contribution in [1.82, 2.24) is 5.48 Å². The Balaban J connectivity index is 1.60. The van der Waals surface area contributed by atoms with Crippen molar-refractivity contribution in [3.05, 3.63) is 71.3 Å². The van der Waals surface area contributed by atoms with Gasteiger partial charge in [-0.25, -0.2) is 9.36 Å². The van der Waals surface area contributed by atoms with Crippen molar-refractivity contribution in [2.45, 2.75) is 44.9 Å². The quantitative estimate of drug-likeness (QED) is 0.258. The van der Waals surface area contributed by atoms with Gasteiger partial charge in [0.2, 0.25) is 0 Å². The van der Waals surface area contributed by atoms with Crippen molar-refractivity contribution in [3.63, 3.8) is 0 Å². The predicted octanol–water partition coefficient (Wildman–Crippen LogP) is 3.26. The second-order valence-corrected chi connectivity index (χ2v) is 8.35. The molecule has 0 spiro atoms. The monoisotopic (exact) mass is 449 g/mol. The van der Waals surface area contributed by atoms with Crippen LogP contribution in [0, 0.1) is 0 Å². The molecule has 0 saturated heterocycles. The van der Waals surface area contributed by atoms with Gasteiger partial charge in [-0.3, -0.25) is 9.32 Å². The molecule has 0 saturated carbocycles. The van der Waals surface area contributed by atoms with Crippen molar-refractivity contribution < 1.29 is 33.3 Å². The molecule has 2 aromatic rings. The number of phosphoric ester groups is 1. The lowest BCUT2D eigenvalue weighted by Crippen LogP contribution is -2.28. The second-order valence-electron chi connectivity index (χ2n) is 7.11. The van der Waals surface area contributed by atoms with E-state index in [-0.39, 0.29) is 25.9 Å². The number of amides is 1. The van der Waals surface area contributed by atoms with E-state index in [1.54, 1.807) is 0 Å². The summed E-state index contributed by atoms with van der Waals surface area (Å²) in [4.78, 5) is 45.1. The summed E-state index contributed by atoms with van der Waals surface area (Å²) < 4.78 is 14.7. The maximum absolute atomic E-state index is 11.9. The summed E-state index contributed by atoms with van der Waals surface area (Å²) in [6.07, 6.45) is 4.24. The molecule has 0 aliphatic heterocycles. The number of benzene rings is 2. The zero-order chi connectivity index (χ0) is 22.5. The Bertz CT molecular complexity index is 865. The van der Waals surface area contributed by atoms with E-state index < -0.39 is 19.7 Å². The van der Waals surface area contributed by atoms with E-state index in [9.17, 15) is 14.2 Å². The van der Waals surface area contributed by atoms with Crippen LogP contribution in [0.2, 0.25) is 0 Å². The molecule has 2 rings (SSSR count). The molecule has 0 fully saturated rings. The highest BCUT2D eigenvalue weighted by atomic mass is 31.2. The lowest BCUT2D eigenvalue weighted by molar-refractivity contribution is -0.158. The number of hydroxylamine groups is 1. The number of hydrogen-bond donors (Lipinski definition) is 3. The van der Waals surface area contributed by atoms with Gasteiger partial charge in [0.25, 0.3) is 5.91 Å². The molecule has 1 amide bonds. The Morgan fingerprint density at radius 2 is 1.42 bits per heavy atom. The first-order chi connectivity index (χ1) is 14.8. The standard InChI is InChI=1S/C22H28NO7P/c24-21(23-30-22(25)11-6-16-29-31(26,27)28)17-20-14-12-19(13-15-20)10-5-4-9-18-7-2-1-3-8-18/h1-3,7-8,12-15H,4-6,9-11,16-17H2,(H,23,24)(H2,26,27,28). The molecule has 168 valence electrons. The Morgan fingerprint density at radius 1 is 0.839 bits per heavy atom. The number of rotatable bonds is 12. The SMILES string of the molecule is O=C(Cc1ccc(CCCCc2ccccc2)cc1)NOC(=O)CCCOP(=O)(O)O. The molecule has 0 aromatic heterocycles. The Kier molecular flexibility index (Phi) is 10.4. The predicted molar refractivity (Wildman–Crippen MR) is 115 cm³/mol. The average Bonchev–Trinajstić information content (AvgIpc) is 2.74. The minimum Gasteiger partial charge on any atom is -0.341 e. The Labute approximate surface area is 181 Å². The number of carbonyl (C=O) groups is 2. The highest BCUT2D eigenvalue weighted by Crippen LogP contribution is 2.35. The van der Waals surface area contributed by atoms with Crippen LogP contribution in [0.3, 0.4) is 0 Å². The maximum Gasteiger partial charge on any atom is 0.469 e. The number of phosphoric acid groups is 1. The molecule has 0 radical (unpaired) electrons. The van der Waals surface area contributed by atoms with Gasteiger partial charge < -0.3 is 14.6 Å². The summed E-state index contributed by atoms with van der Waals surface area (Å²) in [6, 6.07) is 18.2. The van der Waals surface area contributed by atoms with Gasteiger partial charge in [-0.15, -0.1) is 0 Å². The van der Waals surface area contributed by atoms with Crippen molar-refractivity contribution in [3.8, 4) is 0 Å². The normalized spacial score (nSPS) is 11.2. The van der Waals surface area contributed by atoms with Crippen LogP contribution in [0.15, 0.2) is 54.6 Å². The molecule has 31 heavy (non-hydrogen) atoms. The maximum atomic E-state index is 11.9. The highest BCUT2D eigenvalue weighted by molar-refractivity contribution is 7.46. The van der Waals surface area contributed by atoms with Crippen molar-refractivity contribution >= 4 is 19.7 Å². The highest BCUT2D eigenvalue weighted by Gasteiger charge is 2.14. The molecular formula is C22H28NO7P. The number of hydrogen-bond acceptors (Lipinski definition) is 5. The fraction of sp³-hybridized carbons (Fsp3) is 0.364. The minimum absolute atomic E-state index is 0.0621. The van der Waals surface area contributed by atoms with Crippen LogP contribution in [0.4, 0.5) is 0 Å². The Morgan fingerprint density at radius 3 is 2.03 bits per heavy atom. The third kappa shape index (κ3) is 11.5. The first-order valence-corrected chi connectivity index (χ1v) is 11.7. The Hall–Kier alpha value is -2.51. The van der Waals surface area contributed by atoms with Crippen LogP contribution in [0.1, 0.15) is 42.4 Å². The van der Waals surface area contributed by atoms with Crippen LogP contribution in [0.25, 0.3) is 0 Å². The lowest BCUT2D eigenvalue weighted by atomic mass is 10.0. The summed E-state index contributed by atoms with van der Waals surface area (Å²) in [7, 11) is -4.54. The van der Waals surface area contributed by atoms with E-state index in [1.165, 1.54) is 11.1 Å². The third-order valence-electron chi connectivity index (χ3n) is 4.47. The molecule has 0 unspecified atom stereocenters. The lowest BCUT2D eigenvalue weighted by Gasteiger charge is -2.07. The minimum atomic E-state index is -4.54. The number of carbonyl (C=O) groups excluding carboxylic acids is 2. The molecule has 3 N–H and O–H groups in total. The van der Waals surface area contributed by atoms with Crippen molar-refractivity contribution in [2.24, 2.45) is 0 Å². The smallest absolute Gasteiger partial charge is 0.341 e. The molecular weight excluding hydrogens is 421 g/mol. The van der Waals surface area contributed by atoms with Crippen molar-refractivity contribution in [1.29, 1.82) is 0 Å². The zero-order valence-electron chi connectivity index (χ0n) is 17.2. The summed E-state index contributed by atoms with van der Waals surface area (Å²) in [5.74, 6) is -1.18. The van der Waals surface area contributed by atoms with E-state index in [0.717, 1.165) is 31.2 Å². The molecule has 8 nitrogen and oxygen atoms in total. The van der Waals surface area contributed by atoms with E-state index in [0.29, 0.717) is 0 Å². The van der Waals surface area contributed by atoms with E-state index in [1.807, 2.05) is 30.3 Å². The van der Waals surface area contributed by atoms with Gasteiger partial charge in [0.1, 0.15) is 0 Å². The largest absolute Gasteiger partial charge is 0.469 e.